The van der Waals surface area contributed by atoms with Gasteiger partial charge in [-0.1, -0.05) is 0 Å². The van der Waals surface area contributed by atoms with Crippen molar-refractivity contribution in [2.45, 2.75) is 13.0 Å². The Balaban J connectivity index is 2.30. The molecule has 88 valence electrons. The average molecular weight is 230 g/mol. The predicted molar refractivity (Wildman–Crippen MR) is 63.8 cm³/mol. The molecule has 4 nitrogen and oxygen atoms in total. The number of fused-ring (bicyclic) bond motifs is 1. The molecule has 0 radical (unpaired) electrons. The molecule has 0 saturated heterocycles. The van der Waals surface area contributed by atoms with Crippen LogP contribution in [0.2, 0.25) is 0 Å². The van der Waals surface area contributed by atoms with E-state index in [1.807, 2.05) is 18.2 Å². The summed E-state index contributed by atoms with van der Waals surface area (Å²) in [4.78, 5) is 0. The zero-order valence-corrected chi connectivity index (χ0v) is 9.69. The summed E-state index contributed by atoms with van der Waals surface area (Å²) in [6.45, 7) is 1.84. The van der Waals surface area contributed by atoms with Gasteiger partial charge in [0.15, 0.2) is 11.5 Å². The van der Waals surface area contributed by atoms with E-state index in [1.54, 1.807) is 7.11 Å². The first-order valence-electron chi connectivity index (χ1n) is 5.47. The number of methoxy groups -OCH3 is 1. The Morgan fingerprint density at radius 2 is 2.18 bits per heavy atom. The van der Waals surface area contributed by atoms with Crippen LogP contribution in [0.15, 0.2) is 24.5 Å². The van der Waals surface area contributed by atoms with Gasteiger partial charge in [-0.15, -0.1) is 0 Å². The van der Waals surface area contributed by atoms with E-state index in [9.17, 15) is 0 Å². The maximum absolute atomic E-state index is 8.40. The van der Waals surface area contributed by atoms with Gasteiger partial charge in [0.1, 0.15) is 6.26 Å². The van der Waals surface area contributed by atoms with Crippen molar-refractivity contribution in [3.63, 3.8) is 0 Å². The van der Waals surface area contributed by atoms with Crippen LogP contribution in [-0.4, -0.2) is 13.7 Å². The van der Waals surface area contributed by atoms with Gasteiger partial charge < -0.3 is 14.8 Å². The van der Waals surface area contributed by atoms with Crippen LogP contribution in [0.25, 0.3) is 0 Å². The Morgan fingerprint density at radius 1 is 1.35 bits per heavy atom. The number of nitriles is 1. The van der Waals surface area contributed by atoms with E-state index < -0.39 is 0 Å². The lowest BCUT2D eigenvalue weighted by atomic mass is 10.0. The lowest BCUT2D eigenvalue weighted by Crippen LogP contribution is -2.23. The van der Waals surface area contributed by atoms with Crippen molar-refractivity contribution in [3.8, 4) is 17.6 Å². The number of rotatable bonds is 3. The summed E-state index contributed by atoms with van der Waals surface area (Å²) < 4.78 is 10.7. The second kappa shape index (κ2) is 5.37. The van der Waals surface area contributed by atoms with E-state index >= 15 is 0 Å². The normalized spacial score (nSPS) is 14.1. The maximum atomic E-state index is 8.40. The van der Waals surface area contributed by atoms with Gasteiger partial charge >= 0.3 is 0 Å². The third-order valence-corrected chi connectivity index (χ3v) is 2.71. The van der Waals surface area contributed by atoms with Gasteiger partial charge in [-0.25, -0.2) is 0 Å². The topological polar surface area (TPSA) is 54.3 Å². The monoisotopic (exact) mass is 230 g/mol. The van der Waals surface area contributed by atoms with Crippen LogP contribution >= 0.6 is 0 Å². The van der Waals surface area contributed by atoms with Crippen molar-refractivity contribution < 1.29 is 9.47 Å². The molecule has 1 heterocycles. The summed E-state index contributed by atoms with van der Waals surface area (Å²) in [6, 6.07) is 5.85. The number of nitrogens with one attached hydrogen (secondary N) is 1. The van der Waals surface area contributed by atoms with Crippen LogP contribution < -0.4 is 14.8 Å². The Morgan fingerprint density at radius 3 is 2.94 bits per heavy atom. The third-order valence-electron chi connectivity index (χ3n) is 2.71. The largest absolute Gasteiger partial charge is 0.493 e. The fourth-order valence-corrected chi connectivity index (χ4v) is 1.88. The van der Waals surface area contributed by atoms with Crippen LogP contribution in [-0.2, 0) is 13.0 Å². The summed E-state index contributed by atoms with van der Waals surface area (Å²) in [5.41, 5.74) is 2.51. The van der Waals surface area contributed by atoms with Crippen molar-refractivity contribution in [1.82, 2.24) is 5.32 Å². The minimum Gasteiger partial charge on any atom is -0.493 e. The summed E-state index contributed by atoms with van der Waals surface area (Å²) in [5.74, 6) is 1.34. The van der Waals surface area contributed by atoms with Gasteiger partial charge in [-0.2, -0.15) is 5.26 Å². The quantitative estimate of drug-likeness (QED) is 0.635. The van der Waals surface area contributed by atoms with E-state index in [-0.39, 0.29) is 0 Å². The second-order valence-corrected chi connectivity index (χ2v) is 3.75. The number of hydrogen-bond donors (Lipinski definition) is 1. The molecule has 1 aromatic rings. The fourth-order valence-electron chi connectivity index (χ4n) is 1.88. The first kappa shape index (κ1) is 11.5. The molecule has 0 bridgehead atoms. The zero-order chi connectivity index (χ0) is 12.1. The maximum Gasteiger partial charge on any atom is 0.168 e. The summed E-state index contributed by atoms with van der Waals surface area (Å²) in [7, 11) is 1.61. The summed E-state index contributed by atoms with van der Waals surface area (Å²) in [6.07, 6.45) is 3.65. The lowest BCUT2D eigenvalue weighted by Gasteiger charge is -2.19. The van der Waals surface area contributed by atoms with E-state index in [0.717, 1.165) is 19.5 Å². The Labute approximate surface area is 100 Å². The van der Waals surface area contributed by atoms with Crippen molar-refractivity contribution in [2.24, 2.45) is 0 Å². The highest BCUT2D eigenvalue weighted by Gasteiger charge is 2.13. The number of allylic oxidation sites excluding steroid dienone is 1. The minimum atomic E-state index is 0.640. The van der Waals surface area contributed by atoms with Crippen molar-refractivity contribution in [2.75, 3.05) is 13.7 Å². The standard InChI is InChI=1S/C13H14N2O2/c1-16-12-7-10-3-5-15-9-11(10)8-13(12)17-6-2-4-14/h2,6-8,15H,3,5,9H2,1H3/b6-2+. The van der Waals surface area contributed by atoms with Crippen molar-refractivity contribution in [3.05, 3.63) is 35.6 Å². The number of ether oxygens (including phenoxy) is 2. The lowest BCUT2D eigenvalue weighted by molar-refractivity contribution is 0.376. The van der Waals surface area contributed by atoms with Crippen LogP contribution in [0.5, 0.6) is 11.5 Å². The molecule has 1 N–H and O–H groups in total. The van der Waals surface area contributed by atoms with Gasteiger partial charge in [0.2, 0.25) is 0 Å². The smallest absolute Gasteiger partial charge is 0.168 e. The molecule has 0 aromatic heterocycles. The number of nitrogens with zero attached hydrogens (tertiary/aromatic N) is 1. The fraction of sp³-hybridized carbons (Fsp3) is 0.308. The molecule has 0 fully saturated rings. The Bertz CT molecular complexity index is 475. The molecule has 17 heavy (non-hydrogen) atoms. The molecule has 0 spiro atoms. The van der Waals surface area contributed by atoms with Gasteiger partial charge in [0.25, 0.3) is 0 Å². The second-order valence-electron chi connectivity index (χ2n) is 3.75. The van der Waals surface area contributed by atoms with Gasteiger partial charge in [-0.3, -0.25) is 0 Å². The summed E-state index contributed by atoms with van der Waals surface area (Å²) >= 11 is 0. The summed E-state index contributed by atoms with van der Waals surface area (Å²) in [5, 5.41) is 11.7. The Kier molecular flexibility index (Phi) is 3.63. The molecule has 0 saturated carbocycles. The average Bonchev–Trinajstić information content (AvgIpc) is 2.38. The van der Waals surface area contributed by atoms with Crippen LogP contribution in [0.1, 0.15) is 11.1 Å². The first-order valence-corrected chi connectivity index (χ1v) is 5.47. The molecule has 0 aliphatic carbocycles. The molecular weight excluding hydrogens is 216 g/mol. The van der Waals surface area contributed by atoms with Crippen LogP contribution in [0.4, 0.5) is 0 Å². The van der Waals surface area contributed by atoms with E-state index in [2.05, 4.69) is 5.32 Å². The van der Waals surface area contributed by atoms with Crippen LogP contribution in [0.3, 0.4) is 0 Å². The third kappa shape index (κ3) is 2.58. The van der Waals surface area contributed by atoms with Gasteiger partial charge in [0.05, 0.1) is 19.3 Å². The predicted octanol–water partition coefficient (Wildman–Crippen LogP) is 1.76. The number of hydrogen-bond acceptors (Lipinski definition) is 4. The van der Waals surface area contributed by atoms with Crippen molar-refractivity contribution in [1.29, 1.82) is 5.26 Å². The van der Waals surface area contributed by atoms with Crippen molar-refractivity contribution >= 4 is 0 Å². The van der Waals surface area contributed by atoms with E-state index in [0.29, 0.717) is 11.5 Å². The molecule has 1 aliphatic rings. The highest BCUT2D eigenvalue weighted by molar-refractivity contribution is 5.48. The minimum absolute atomic E-state index is 0.640. The number of benzene rings is 1. The zero-order valence-electron chi connectivity index (χ0n) is 9.69. The molecule has 0 amide bonds. The van der Waals surface area contributed by atoms with E-state index in [4.69, 9.17) is 14.7 Å². The SMILES string of the molecule is COc1cc2c(cc1O/C=C/C#N)CNCC2. The first-order chi connectivity index (χ1) is 8.35. The van der Waals surface area contributed by atoms with E-state index in [1.165, 1.54) is 23.5 Å². The van der Waals surface area contributed by atoms with Gasteiger partial charge in [-0.05, 0) is 36.2 Å². The molecular formula is C13H14N2O2. The molecule has 4 heteroatoms. The molecule has 2 rings (SSSR count). The molecule has 0 unspecified atom stereocenters. The highest BCUT2D eigenvalue weighted by Crippen LogP contribution is 2.32. The Hall–Kier alpha value is -1.99. The highest BCUT2D eigenvalue weighted by atomic mass is 16.5. The molecule has 1 aliphatic heterocycles. The molecule has 1 aromatic carbocycles. The molecule has 0 atom stereocenters. The van der Waals surface area contributed by atoms with Crippen LogP contribution in [0, 0.1) is 11.3 Å². The van der Waals surface area contributed by atoms with Gasteiger partial charge in [0, 0.05) is 6.54 Å².